The van der Waals surface area contributed by atoms with Crippen LogP contribution in [0.4, 0.5) is 0 Å². The van der Waals surface area contributed by atoms with Gasteiger partial charge in [-0.25, -0.2) is 8.42 Å². The predicted octanol–water partition coefficient (Wildman–Crippen LogP) is 2.17. The first kappa shape index (κ1) is 16.0. The van der Waals surface area contributed by atoms with E-state index in [2.05, 4.69) is 5.32 Å². The van der Waals surface area contributed by atoms with E-state index in [1.807, 2.05) is 31.2 Å². The highest BCUT2D eigenvalue weighted by Crippen LogP contribution is 2.17. The maximum absolute atomic E-state index is 11.7. The lowest BCUT2D eigenvalue weighted by Crippen LogP contribution is -2.28. The normalized spacial score (nSPS) is 13.5. The number of sulfone groups is 1. The van der Waals surface area contributed by atoms with Crippen molar-refractivity contribution in [2.24, 2.45) is 0 Å². The maximum atomic E-state index is 11.7. The van der Waals surface area contributed by atoms with Crippen LogP contribution in [0, 0.1) is 0 Å². The number of benzene rings is 1. The molecular weight excluding hydrogens is 262 g/mol. The first-order valence-electron chi connectivity index (χ1n) is 6.45. The molecule has 0 aliphatic carbocycles. The Morgan fingerprint density at radius 3 is 2.21 bits per heavy atom. The summed E-state index contributed by atoms with van der Waals surface area (Å²) in [5.74, 6) is 0.990. The fourth-order valence-electron chi connectivity index (χ4n) is 1.66. The molecule has 0 spiro atoms. The van der Waals surface area contributed by atoms with E-state index < -0.39 is 9.84 Å². The lowest BCUT2D eigenvalue weighted by atomic mass is 10.1. The average Bonchev–Trinajstić information content (AvgIpc) is 2.38. The Kier molecular flexibility index (Phi) is 5.82. The van der Waals surface area contributed by atoms with Crippen molar-refractivity contribution in [3.63, 3.8) is 0 Å². The van der Waals surface area contributed by atoms with E-state index in [0.29, 0.717) is 6.54 Å². The summed E-state index contributed by atoms with van der Waals surface area (Å²) < 4.78 is 28.5. The molecule has 1 aromatic rings. The Morgan fingerprint density at radius 2 is 1.74 bits per heavy atom. The van der Waals surface area contributed by atoms with E-state index in [1.165, 1.54) is 0 Å². The summed E-state index contributed by atoms with van der Waals surface area (Å²) in [6.07, 6.45) is 0. The number of hydrogen-bond acceptors (Lipinski definition) is 4. The van der Waals surface area contributed by atoms with Crippen LogP contribution in [0.5, 0.6) is 5.75 Å². The molecule has 0 unspecified atom stereocenters. The van der Waals surface area contributed by atoms with Crippen LogP contribution in [0.3, 0.4) is 0 Å². The van der Waals surface area contributed by atoms with Crippen LogP contribution in [0.25, 0.3) is 0 Å². The summed E-state index contributed by atoms with van der Waals surface area (Å²) >= 11 is 0. The first-order chi connectivity index (χ1) is 8.86. The van der Waals surface area contributed by atoms with Crippen LogP contribution in [0.2, 0.25) is 0 Å². The van der Waals surface area contributed by atoms with Crippen molar-refractivity contribution in [1.82, 2.24) is 5.32 Å². The third kappa shape index (κ3) is 4.84. The molecule has 0 aliphatic rings. The van der Waals surface area contributed by atoms with Gasteiger partial charge in [0.05, 0.1) is 18.1 Å². The Balaban J connectivity index is 2.49. The highest BCUT2D eigenvalue weighted by molar-refractivity contribution is 7.92. The third-order valence-corrected chi connectivity index (χ3v) is 5.38. The van der Waals surface area contributed by atoms with Gasteiger partial charge in [-0.05, 0) is 38.5 Å². The predicted molar refractivity (Wildman–Crippen MR) is 78.3 cm³/mol. The molecule has 0 bridgehead atoms. The van der Waals surface area contributed by atoms with Gasteiger partial charge in [0, 0.05) is 12.6 Å². The largest absolute Gasteiger partial charge is 0.497 e. The summed E-state index contributed by atoms with van der Waals surface area (Å²) in [7, 11) is -1.34. The fraction of sp³-hybridized carbons (Fsp3) is 0.571. The molecule has 1 aromatic carbocycles. The molecule has 5 heteroatoms. The molecule has 0 saturated heterocycles. The molecule has 108 valence electrons. The van der Waals surface area contributed by atoms with E-state index in [4.69, 9.17) is 4.74 Å². The van der Waals surface area contributed by atoms with E-state index in [1.54, 1.807) is 21.0 Å². The molecule has 19 heavy (non-hydrogen) atoms. The molecule has 0 radical (unpaired) electrons. The third-order valence-electron chi connectivity index (χ3n) is 3.17. The summed E-state index contributed by atoms with van der Waals surface area (Å²) in [5.41, 5.74) is 1.11. The zero-order valence-corrected chi connectivity index (χ0v) is 12.8. The number of rotatable bonds is 7. The maximum Gasteiger partial charge on any atom is 0.153 e. The molecule has 0 fully saturated rings. The van der Waals surface area contributed by atoms with Gasteiger partial charge in [0.25, 0.3) is 0 Å². The molecule has 1 N–H and O–H groups in total. The number of methoxy groups -OCH3 is 1. The minimum atomic E-state index is -2.97. The van der Waals surface area contributed by atoms with Crippen molar-refractivity contribution in [3.8, 4) is 5.75 Å². The molecular formula is C14H23NO3S. The molecule has 0 aromatic heterocycles. The van der Waals surface area contributed by atoms with Crippen molar-refractivity contribution in [2.75, 3.05) is 19.4 Å². The van der Waals surface area contributed by atoms with Gasteiger partial charge < -0.3 is 10.1 Å². The minimum Gasteiger partial charge on any atom is -0.497 e. The minimum absolute atomic E-state index is 0.119. The van der Waals surface area contributed by atoms with Crippen LogP contribution in [0.1, 0.15) is 32.4 Å². The van der Waals surface area contributed by atoms with Gasteiger partial charge in [-0.15, -0.1) is 0 Å². The van der Waals surface area contributed by atoms with Crippen molar-refractivity contribution >= 4 is 9.84 Å². The summed E-state index contributed by atoms with van der Waals surface area (Å²) in [6.45, 7) is 5.90. The van der Waals surface area contributed by atoms with Crippen molar-refractivity contribution in [3.05, 3.63) is 29.8 Å². The number of ether oxygens (including phenoxy) is 1. The van der Waals surface area contributed by atoms with Crippen LogP contribution in [-0.4, -0.2) is 33.1 Å². The van der Waals surface area contributed by atoms with Gasteiger partial charge >= 0.3 is 0 Å². The van der Waals surface area contributed by atoms with Crippen molar-refractivity contribution in [1.29, 1.82) is 0 Å². The fourth-order valence-corrected chi connectivity index (χ4v) is 2.54. The summed E-state index contributed by atoms with van der Waals surface area (Å²) in [4.78, 5) is 0. The van der Waals surface area contributed by atoms with Gasteiger partial charge in [-0.3, -0.25) is 0 Å². The first-order valence-corrected chi connectivity index (χ1v) is 8.17. The second kappa shape index (κ2) is 6.91. The Hall–Kier alpha value is -1.07. The van der Waals surface area contributed by atoms with Gasteiger partial charge in [0.2, 0.25) is 0 Å². The second-order valence-corrected chi connectivity index (χ2v) is 7.54. The SMILES string of the molecule is COc1ccc([C@H](C)NCCS(=O)(=O)C(C)C)cc1. The van der Waals surface area contributed by atoms with E-state index in [-0.39, 0.29) is 17.0 Å². The molecule has 0 heterocycles. The standard InChI is InChI=1S/C14H23NO3S/c1-11(2)19(16,17)10-9-15-12(3)13-5-7-14(18-4)8-6-13/h5-8,11-12,15H,9-10H2,1-4H3/t12-/m0/s1. The van der Waals surface area contributed by atoms with Gasteiger partial charge in [0.15, 0.2) is 9.84 Å². The van der Waals surface area contributed by atoms with Gasteiger partial charge in [0.1, 0.15) is 5.75 Å². The zero-order valence-electron chi connectivity index (χ0n) is 12.0. The van der Waals surface area contributed by atoms with E-state index >= 15 is 0 Å². The molecule has 0 amide bonds. The highest BCUT2D eigenvalue weighted by atomic mass is 32.2. The highest BCUT2D eigenvalue weighted by Gasteiger charge is 2.16. The summed E-state index contributed by atoms with van der Waals surface area (Å²) in [5, 5.41) is 2.91. The monoisotopic (exact) mass is 285 g/mol. The Morgan fingerprint density at radius 1 is 1.16 bits per heavy atom. The van der Waals surface area contributed by atoms with Crippen LogP contribution in [-0.2, 0) is 9.84 Å². The zero-order chi connectivity index (χ0) is 14.5. The topological polar surface area (TPSA) is 55.4 Å². The lowest BCUT2D eigenvalue weighted by Gasteiger charge is -2.15. The van der Waals surface area contributed by atoms with E-state index in [0.717, 1.165) is 11.3 Å². The smallest absolute Gasteiger partial charge is 0.153 e. The van der Waals surface area contributed by atoms with Gasteiger partial charge in [-0.2, -0.15) is 0 Å². The quantitative estimate of drug-likeness (QED) is 0.834. The van der Waals surface area contributed by atoms with E-state index in [9.17, 15) is 8.42 Å². The molecule has 1 atom stereocenters. The molecule has 0 aliphatic heterocycles. The summed E-state index contributed by atoms with van der Waals surface area (Å²) in [6, 6.07) is 7.88. The average molecular weight is 285 g/mol. The number of hydrogen-bond donors (Lipinski definition) is 1. The Bertz CT molecular complexity index is 480. The van der Waals surface area contributed by atoms with Gasteiger partial charge in [-0.1, -0.05) is 12.1 Å². The molecule has 1 rings (SSSR count). The number of nitrogens with one attached hydrogen (secondary N) is 1. The van der Waals surface area contributed by atoms with Crippen LogP contribution >= 0.6 is 0 Å². The van der Waals surface area contributed by atoms with Crippen LogP contribution in [0.15, 0.2) is 24.3 Å². The van der Waals surface area contributed by atoms with Crippen molar-refractivity contribution < 1.29 is 13.2 Å². The van der Waals surface area contributed by atoms with Crippen molar-refractivity contribution in [2.45, 2.75) is 32.1 Å². The Labute approximate surface area is 116 Å². The van der Waals surface area contributed by atoms with Crippen LogP contribution < -0.4 is 10.1 Å². The molecule has 0 saturated carbocycles. The molecule has 4 nitrogen and oxygen atoms in total. The lowest BCUT2D eigenvalue weighted by molar-refractivity contribution is 0.414. The second-order valence-electron chi connectivity index (χ2n) is 4.86.